The highest BCUT2D eigenvalue weighted by molar-refractivity contribution is 6.05. The number of carbonyl (C=O) groups is 2. The number of aromatic hydroxyl groups is 1. The molecule has 8 nitrogen and oxygen atoms in total. The average molecular weight is 443 g/mol. The molecule has 0 fully saturated rings. The molecule has 1 aliphatic heterocycles. The zero-order valence-electron chi connectivity index (χ0n) is 17.7. The Bertz CT molecular complexity index is 1250. The minimum absolute atomic E-state index is 0.0201. The monoisotopic (exact) mass is 443 g/mol. The first-order chi connectivity index (χ1) is 16.0. The summed E-state index contributed by atoms with van der Waals surface area (Å²) in [7, 11) is 0. The molecule has 0 spiro atoms. The number of amides is 2. The van der Waals surface area contributed by atoms with Gasteiger partial charge in [-0.2, -0.15) is 5.10 Å². The van der Waals surface area contributed by atoms with Gasteiger partial charge in [0.1, 0.15) is 11.4 Å². The van der Waals surface area contributed by atoms with Crippen LogP contribution in [0.4, 0.5) is 0 Å². The molecule has 3 N–H and O–H groups in total. The first kappa shape index (κ1) is 21.6. The predicted molar refractivity (Wildman–Crippen MR) is 123 cm³/mol. The maximum atomic E-state index is 12.9. The molecule has 33 heavy (non-hydrogen) atoms. The van der Waals surface area contributed by atoms with E-state index in [1.165, 1.54) is 12.3 Å². The van der Waals surface area contributed by atoms with Gasteiger partial charge >= 0.3 is 0 Å². The summed E-state index contributed by atoms with van der Waals surface area (Å²) >= 11 is 0. The van der Waals surface area contributed by atoms with E-state index in [9.17, 15) is 14.7 Å². The second-order valence-corrected chi connectivity index (χ2v) is 7.25. The van der Waals surface area contributed by atoms with E-state index < -0.39 is 11.8 Å². The lowest BCUT2D eigenvalue weighted by molar-refractivity contribution is -0.117. The SMILES string of the molecule is Cc1ccc(O)c(/C=N/NC(=O)/C(=C\c2ccc3c(c2)OCO3)NC(=O)c2ccccc2)c1. The van der Waals surface area contributed by atoms with Gasteiger partial charge in [-0.25, -0.2) is 5.43 Å². The van der Waals surface area contributed by atoms with Crippen LogP contribution in [0.15, 0.2) is 77.5 Å². The van der Waals surface area contributed by atoms with Crippen molar-refractivity contribution in [1.82, 2.24) is 10.7 Å². The van der Waals surface area contributed by atoms with Crippen LogP contribution >= 0.6 is 0 Å². The molecule has 0 saturated heterocycles. The van der Waals surface area contributed by atoms with Crippen LogP contribution in [0.3, 0.4) is 0 Å². The Labute approximate surface area is 190 Å². The van der Waals surface area contributed by atoms with E-state index in [-0.39, 0.29) is 18.2 Å². The number of hydrazone groups is 1. The van der Waals surface area contributed by atoms with Crippen LogP contribution in [0.1, 0.15) is 27.0 Å². The Hall–Kier alpha value is -4.59. The fourth-order valence-corrected chi connectivity index (χ4v) is 3.11. The Morgan fingerprint density at radius 1 is 1.00 bits per heavy atom. The van der Waals surface area contributed by atoms with Gasteiger partial charge in [-0.1, -0.05) is 35.9 Å². The van der Waals surface area contributed by atoms with Gasteiger partial charge in [0.25, 0.3) is 11.8 Å². The summed E-state index contributed by atoms with van der Waals surface area (Å²) in [5.74, 6) is 0.102. The highest BCUT2D eigenvalue weighted by Gasteiger charge is 2.17. The van der Waals surface area contributed by atoms with Gasteiger partial charge in [-0.05, 0) is 55.0 Å². The largest absolute Gasteiger partial charge is 0.507 e. The highest BCUT2D eigenvalue weighted by atomic mass is 16.7. The van der Waals surface area contributed by atoms with Gasteiger partial charge in [0.2, 0.25) is 6.79 Å². The lowest BCUT2D eigenvalue weighted by Crippen LogP contribution is -2.32. The number of nitrogens with zero attached hydrogens (tertiary/aromatic N) is 1. The van der Waals surface area contributed by atoms with Crippen LogP contribution in [0.25, 0.3) is 6.08 Å². The lowest BCUT2D eigenvalue weighted by Gasteiger charge is -2.09. The van der Waals surface area contributed by atoms with Crippen LogP contribution < -0.4 is 20.2 Å². The van der Waals surface area contributed by atoms with Gasteiger partial charge in [-0.15, -0.1) is 0 Å². The van der Waals surface area contributed by atoms with E-state index in [2.05, 4.69) is 15.8 Å². The summed E-state index contributed by atoms with van der Waals surface area (Å²) in [5, 5.41) is 16.5. The molecular weight excluding hydrogens is 422 g/mol. The fourth-order valence-electron chi connectivity index (χ4n) is 3.11. The summed E-state index contributed by atoms with van der Waals surface area (Å²) in [6.45, 7) is 2.00. The molecule has 166 valence electrons. The van der Waals surface area contributed by atoms with Crippen molar-refractivity contribution in [3.63, 3.8) is 0 Å². The van der Waals surface area contributed by atoms with E-state index >= 15 is 0 Å². The number of fused-ring (bicyclic) bond motifs is 1. The molecule has 3 aromatic carbocycles. The summed E-state index contributed by atoms with van der Waals surface area (Å²) in [6.07, 6.45) is 2.84. The third-order valence-electron chi connectivity index (χ3n) is 4.79. The molecule has 4 rings (SSSR count). The van der Waals surface area contributed by atoms with Crippen molar-refractivity contribution < 1.29 is 24.2 Å². The number of ether oxygens (including phenoxy) is 2. The Morgan fingerprint density at radius 2 is 1.79 bits per heavy atom. The second-order valence-electron chi connectivity index (χ2n) is 7.25. The molecule has 1 heterocycles. The Kier molecular flexibility index (Phi) is 6.36. The van der Waals surface area contributed by atoms with Crippen molar-refractivity contribution in [2.75, 3.05) is 6.79 Å². The molecule has 1 aliphatic rings. The first-order valence-corrected chi connectivity index (χ1v) is 10.1. The molecule has 2 amide bonds. The first-order valence-electron chi connectivity index (χ1n) is 10.1. The zero-order valence-corrected chi connectivity index (χ0v) is 17.7. The topological polar surface area (TPSA) is 109 Å². The van der Waals surface area contributed by atoms with Crippen molar-refractivity contribution in [2.24, 2.45) is 5.10 Å². The van der Waals surface area contributed by atoms with Gasteiger partial charge in [0.05, 0.1) is 6.21 Å². The summed E-state index contributed by atoms with van der Waals surface area (Å²) < 4.78 is 10.7. The third kappa shape index (κ3) is 5.37. The molecule has 0 unspecified atom stereocenters. The third-order valence-corrected chi connectivity index (χ3v) is 4.79. The fraction of sp³-hybridized carbons (Fsp3) is 0.0800. The molecule has 8 heteroatoms. The van der Waals surface area contributed by atoms with Crippen LogP contribution in [-0.2, 0) is 4.79 Å². The molecule has 0 aromatic heterocycles. The van der Waals surface area contributed by atoms with E-state index in [4.69, 9.17) is 9.47 Å². The maximum absolute atomic E-state index is 12.9. The number of aryl methyl sites for hydroxylation is 1. The molecule has 0 bridgehead atoms. The standard InChI is InChI=1S/C25H21N3O5/c1-16-7-9-21(29)19(11-16)14-26-28-25(31)20(27-24(30)18-5-3-2-4-6-18)12-17-8-10-22-23(13-17)33-15-32-22/h2-14,29H,15H2,1H3,(H,27,30)(H,28,31)/b20-12+,26-14+. The van der Waals surface area contributed by atoms with Crippen LogP contribution in [0.2, 0.25) is 0 Å². The highest BCUT2D eigenvalue weighted by Crippen LogP contribution is 2.33. The second kappa shape index (κ2) is 9.69. The Balaban J connectivity index is 1.57. The number of benzene rings is 3. The number of hydrogen-bond acceptors (Lipinski definition) is 6. The zero-order chi connectivity index (χ0) is 23.2. The molecule has 0 aliphatic carbocycles. The van der Waals surface area contributed by atoms with Crippen LogP contribution in [0, 0.1) is 6.92 Å². The van der Waals surface area contributed by atoms with Crippen LogP contribution in [0.5, 0.6) is 17.2 Å². The number of hydrogen-bond donors (Lipinski definition) is 3. The van der Waals surface area contributed by atoms with E-state index in [0.29, 0.717) is 28.2 Å². The van der Waals surface area contributed by atoms with Gasteiger partial charge in [0, 0.05) is 11.1 Å². The normalized spacial score (nSPS) is 12.6. The molecular formula is C25H21N3O5. The Morgan fingerprint density at radius 3 is 2.61 bits per heavy atom. The maximum Gasteiger partial charge on any atom is 0.287 e. The molecule has 0 radical (unpaired) electrons. The van der Waals surface area contributed by atoms with Crippen molar-refractivity contribution in [3.8, 4) is 17.2 Å². The molecule has 0 atom stereocenters. The number of nitrogens with one attached hydrogen (secondary N) is 2. The minimum Gasteiger partial charge on any atom is -0.507 e. The molecule has 0 saturated carbocycles. The van der Waals surface area contributed by atoms with E-state index in [1.807, 2.05) is 6.92 Å². The molecule has 3 aromatic rings. The van der Waals surface area contributed by atoms with E-state index in [0.717, 1.165) is 5.56 Å². The lowest BCUT2D eigenvalue weighted by atomic mass is 10.1. The summed E-state index contributed by atoms with van der Waals surface area (Å²) in [4.78, 5) is 25.5. The number of carbonyl (C=O) groups excluding carboxylic acids is 2. The van der Waals surface area contributed by atoms with E-state index in [1.54, 1.807) is 66.7 Å². The van der Waals surface area contributed by atoms with Crippen molar-refractivity contribution in [2.45, 2.75) is 6.92 Å². The van der Waals surface area contributed by atoms with Gasteiger partial charge < -0.3 is 19.9 Å². The van der Waals surface area contributed by atoms with Crippen molar-refractivity contribution >= 4 is 24.1 Å². The van der Waals surface area contributed by atoms with Crippen molar-refractivity contribution in [3.05, 3.63) is 94.7 Å². The van der Waals surface area contributed by atoms with Crippen LogP contribution in [-0.4, -0.2) is 29.9 Å². The van der Waals surface area contributed by atoms with Gasteiger partial charge in [0.15, 0.2) is 11.5 Å². The van der Waals surface area contributed by atoms with Gasteiger partial charge in [-0.3, -0.25) is 9.59 Å². The quantitative estimate of drug-likeness (QED) is 0.308. The minimum atomic E-state index is -0.639. The average Bonchev–Trinajstić information content (AvgIpc) is 3.29. The summed E-state index contributed by atoms with van der Waals surface area (Å²) in [6, 6.07) is 18.7. The van der Waals surface area contributed by atoms with Crippen molar-refractivity contribution in [1.29, 1.82) is 0 Å². The number of phenolic OH excluding ortho intramolecular Hbond substituents is 1. The summed E-state index contributed by atoms with van der Waals surface area (Å²) in [5.41, 5.74) is 4.77. The number of rotatable bonds is 6. The smallest absolute Gasteiger partial charge is 0.287 e. The number of phenols is 1. The predicted octanol–water partition coefficient (Wildman–Crippen LogP) is 3.35.